The Balaban J connectivity index is 2.15. The highest BCUT2D eigenvalue weighted by Crippen LogP contribution is 1.91. The third-order valence-electron chi connectivity index (χ3n) is 1.55. The number of aryl methyl sites for hydroxylation is 1. The van der Waals surface area contributed by atoms with Gasteiger partial charge in [-0.2, -0.15) is 0 Å². The fourth-order valence-corrected chi connectivity index (χ4v) is 0.949. The molecular formula is C8H15N3O. The fraction of sp³-hybridized carbons (Fsp3) is 0.625. The first kappa shape index (κ1) is 9.22. The van der Waals surface area contributed by atoms with Crippen molar-refractivity contribution < 1.29 is 4.74 Å². The Kier molecular flexibility index (Phi) is 3.76. The van der Waals surface area contributed by atoms with Gasteiger partial charge in [-0.25, -0.2) is 4.98 Å². The highest BCUT2D eigenvalue weighted by molar-refractivity contribution is 4.95. The van der Waals surface area contributed by atoms with Crippen molar-refractivity contribution in [1.82, 2.24) is 14.9 Å². The van der Waals surface area contributed by atoms with Crippen LogP contribution in [0, 0.1) is 0 Å². The first-order valence-corrected chi connectivity index (χ1v) is 3.99. The summed E-state index contributed by atoms with van der Waals surface area (Å²) >= 11 is 0. The Hall–Kier alpha value is -0.870. The second-order valence-electron chi connectivity index (χ2n) is 2.70. The van der Waals surface area contributed by atoms with Crippen LogP contribution in [0.1, 0.15) is 5.69 Å². The van der Waals surface area contributed by atoms with Crippen molar-refractivity contribution in [3.05, 3.63) is 18.2 Å². The van der Waals surface area contributed by atoms with Gasteiger partial charge < -0.3 is 14.6 Å². The number of hydrogen-bond acceptors (Lipinski definition) is 3. The largest absolute Gasteiger partial charge is 0.383 e. The zero-order valence-corrected chi connectivity index (χ0v) is 7.58. The zero-order valence-electron chi connectivity index (χ0n) is 7.58. The number of hydrogen-bond donors (Lipinski definition) is 1. The van der Waals surface area contributed by atoms with E-state index < -0.39 is 0 Å². The van der Waals surface area contributed by atoms with Crippen molar-refractivity contribution >= 4 is 0 Å². The normalized spacial score (nSPS) is 10.5. The number of aromatic nitrogens is 2. The summed E-state index contributed by atoms with van der Waals surface area (Å²) < 4.78 is 6.83. The van der Waals surface area contributed by atoms with Crippen LogP contribution in [0.2, 0.25) is 0 Å². The van der Waals surface area contributed by atoms with E-state index in [1.807, 2.05) is 17.8 Å². The van der Waals surface area contributed by atoms with Gasteiger partial charge in [-0.15, -0.1) is 0 Å². The number of ether oxygens (including phenoxy) is 1. The molecule has 0 saturated carbocycles. The topological polar surface area (TPSA) is 39.1 Å². The number of nitrogens with zero attached hydrogens (tertiary/aromatic N) is 2. The van der Waals surface area contributed by atoms with Crippen LogP contribution in [0.3, 0.4) is 0 Å². The Bertz CT molecular complexity index is 222. The molecule has 0 aliphatic heterocycles. The van der Waals surface area contributed by atoms with Crippen molar-refractivity contribution in [2.24, 2.45) is 7.05 Å². The smallest absolute Gasteiger partial charge is 0.0947 e. The average Bonchev–Trinajstić information content (AvgIpc) is 2.45. The van der Waals surface area contributed by atoms with Crippen LogP contribution >= 0.6 is 0 Å². The predicted molar refractivity (Wildman–Crippen MR) is 46.8 cm³/mol. The molecule has 0 amide bonds. The number of rotatable bonds is 5. The quantitative estimate of drug-likeness (QED) is 0.638. The van der Waals surface area contributed by atoms with E-state index in [0.29, 0.717) is 0 Å². The van der Waals surface area contributed by atoms with E-state index in [4.69, 9.17) is 4.74 Å². The molecule has 4 nitrogen and oxygen atoms in total. The minimum absolute atomic E-state index is 0.743. The maximum atomic E-state index is 4.90. The summed E-state index contributed by atoms with van der Waals surface area (Å²) in [5.41, 5.74) is 1.06. The second-order valence-corrected chi connectivity index (χ2v) is 2.70. The SMILES string of the molecule is COCCNCc1cn(C)cn1. The summed E-state index contributed by atoms with van der Waals surface area (Å²) in [6.07, 6.45) is 3.80. The van der Waals surface area contributed by atoms with Crippen molar-refractivity contribution in [2.45, 2.75) is 6.54 Å². The summed E-state index contributed by atoms with van der Waals surface area (Å²) in [4.78, 5) is 4.17. The molecule has 4 heteroatoms. The molecule has 12 heavy (non-hydrogen) atoms. The van der Waals surface area contributed by atoms with E-state index in [1.54, 1.807) is 13.4 Å². The molecule has 0 aromatic carbocycles. The standard InChI is InChI=1S/C8H15N3O/c1-11-6-8(10-7-11)5-9-3-4-12-2/h6-7,9H,3-5H2,1-2H3. The van der Waals surface area contributed by atoms with E-state index in [2.05, 4.69) is 10.3 Å². The molecule has 0 radical (unpaired) electrons. The molecule has 0 aliphatic rings. The molecule has 0 bridgehead atoms. The third kappa shape index (κ3) is 3.02. The first-order chi connectivity index (χ1) is 5.83. The van der Waals surface area contributed by atoms with Gasteiger partial charge >= 0.3 is 0 Å². The molecule has 0 unspecified atom stereocenters. The van der Waals surface area contributed by atoms with Gasteiger partial charge in [-0.05, 0) is 0 Å². The van der Waals surface area contributed by atoms with E-state index >= 15 is 0 Å². The fourth-order valence-electron chi connectivity index (χ4n) is 0.949. The van der Waals surface area contributed by atoms with Gasteiger partial charge in [0.15, 0.2) is 0 Å². The van der Waals surface area contributed by atoms with Crippen LogP contribution in [0.25, 0.3) is 0 Å². The minimum atomic E-state index is 0.743. The Morgan fingerprint density at radius 2 is 2.50 bits per heavy atom. The van der Waals surface area contributed by atoms with Gasteiger partial charge in [0.25, 0.3) is 0 Å². The number of nitrogens with one attached hydrogen (secondary N) is 1. The van der Waals surface area contributed by atoms with Gasteiger partial charge in [0, 0.05) is 33.4 Å². The lowest BCUT2D eigenvalue weighted by atomic mass is 10.4. The molecule has 1 rings (SSSR count). The maximum Gasteiger partial charge on any atom is 0.0947 e. The van der Waals surface area contributed by atoms with Gasteiger partial charge in [0.05, 0.1) is 18.6 Å². The van der Waals surface area contributed by atoms with Gasteiger partial charge in [0.1, 0.15) is 0 Å². The first-order valence-electron chi connectivity index (χ1n) is 3.99. The Morgan fingerprint density at radius 3 is 3.08 bits per heavy atom. The highest BCUT2D eigenvalue weighted by Gasteiger charge is 1.94. The van der Waals surface area contributed by atoms with E-state index in [1.165, 1.54) is 0 Å². The molecule has 0 fully saturated rings. The van der Waals surface area contributed by atoms with Gasteiger partial charge in [-0.1, -0.05) is 0 Å². The zero-order chi connectivity index (χ0) is 8.81. The lowest BCUT2D eigenvalue weighted by molar-refractivity contribution is 0.199. The van der Waals surface area contributed by atoms with Gasteiger partial charge in [0.2, 0.25) is 0 Å². The summed E-state index contributed by atoms with van der Waals surface area (Å²) in [6, 6.07) is 0. The second kappa shape index (κ2) is 4.90. The Morgan fingerprint density at radius 1 is 1.67 bits per heavy atom. The number of methoxy groups -OCH3 is 1. The van der Waals surface area contributed by atoms with E-state index in [-0.39, 0.29) is 0 Å². The lowest BCUT2D eigenvalue weighted by Crippen LogP contribution is -2.18. The molecule has 1 N–H and O–H groups in total. The van der Waals surface area contributed by atoms with Crippen molar-refractivity contribution in [1.29, 1.82) is 0 Å². The van der Waals surface area contributed by atoms with Crippen LogP contribution in [0.15, 0.2) is 12.5 Å². The minimum Gasteiger partial charge on any atom is -0.383 e. The molecule has 1 aromatic heterocycles. The van der Waals surface area contributed by atoms with Crippen LogP contribution in [-0.2, 0) is 18.3 Å². The van der Waals surface area contributed by atoms with E-state index in [0.717, 1.165) is 25.4 Å². The van der Waals surface area contributed by atoms with Crippen LogP contribution in [-0.4, -0.2) is 29.8 Å². The lowest BCUT2D eigenvalue weighted by Gasteiger charge is -1.99. The summed E-state index contributed by atoms with van der Waals surface area (Å²) in [5, 5.41) is 3.22. The molecule has 1 heterocycles. The summed E-state index contributed by atoms with van der Waals surface area (Å²) in [5.74, 6) is 0. The van der Waals surface area contributed by atoms with Crippen LogP contribution in [0.4, 0.5) is 0 Å². The molecular weight excluding hydrogens is 154 g/mol. The number of imidazole rings is 1. The van der Waals surface area contributed by atoms with Crippen LogP contribution in [0.5, 0.6) is 0 Å². The molecule has 1 aromatic rings. The third-order valence-corrected chi connectivity index (χ3v) is 1.55. The molecule has 0 saturated heterocycles. The Labute approximate surface area is 72.6 Å². The summed E-state index contributed by atoms with van der Waals surface area (Å²) in [7, 11) is 3.66. The molecule has 0 aliphatic carbocycles. The predicted octanol–water partition coefficient (Wildman–Crippen LogP) is 0.156. The van der Waals surface area contributed by atoms with Crippen LogP contribution < -0.4 is 5.32 Å². The molecule has 0 atom stereocenters. The van der Waals surface area contributed by atoms with Crippen molar-refractivity contribution in [3.63, 3.8) is 0 Å². The monoisotopic (exact) mass is 169 g/mol. The molecule has 68 valence electrons. The summed E-state index contributed by atoms with van der Waals surface area (Å²) in [6.45, 7) is 2.42. The van der Waals surface area contributed by atoms with Crippen molar-refractivity contribution in [2.75, 3.05) is 20.3 Å². The van der Waals surface area contributed by atoms with Crippen molar-refractivity contribution in [3.8, 4) is 0 Å². The molecule has 0 spiro atoms. The van der Waals surface area contributed by atoms with Gasteiger partial charge in [-0.3, -0.25) is 0 Å². The average molecular weight is 169 g/mol. The highest BCUT2D eigenvalue weighted by atomic mass is 16.5. The maximum absolute atomic E-state index is 4.90. The van der Waals surface area contributed by atoms with E-state index in [9.17, 15) is 0 Å².